The number of fused-ring (bicyclic) bond motifs is 1. The number of likely N-dealkylation sites (tertiary alicyclic amines) is 1. The number of carbonyl (C=O) groups is 2. The third-order valence-corrected chi connectivity index (χ3v) is 5.64. The van der Waals surface area contributed by atoms with Gasteiger partial charge >= 0.3 is 0 Å². The zero-order valence-electron chi connectivity index (χ0n) is 13.5. The number of nitrogens with one attached hydrogen (secondary N) is 1. The van der Waals surface area contributed by atoms with Crippen LogP contribution in [0.2, 0.25) is 0 Å². The zero-order valence-corrected chi connectivity index (χ0v) is 13.5. The Labute approximate surface area is 140 Å². The fraction of sp³-hybridized carbons (Fsp3) is 0.556. The van der Waals surface area contributed by atoms with E-state index in [9.17, 15) is 14.0 Å². The van der Waals surface area contributed by atoms with Crippen LogP contribution < -0.4 is 11.1 Å². The Morgan fingerprint density at radius 3 is 2.67 bits per heavy atom. The first-order chi connectivity index (χ1) is 11.5. The van der Waals surface area contributed by atoms with Crippen LogP contribution in [-0.4, -0.2) is 41.4 Å². The topological polar surface area (TPSA) is 75.4 Å². The van der Waals surface area contributed by atoms with Crippen molar-refractivity contribution in [2.24, 2.45) is 17.6 Å². The third kappa shape index (κ3) is 2.79. The van der Waals surface area contributed by atoms with E-state index in [-0.39, 0.29) is 23.8 Å². The van der Waals surface area contributed by atoms with Gasteiger partial charge in [0.15, 0.2) is 0 Å². The molecule has 6 heteroatoms. The lowest BCUT2D eigenvalue weighted by Crippen LogP contribution is -2.51. The molecule has 3 fully saturated rings. The number of amides is 2. The second kappa shape index (κ2) is 5.84. The molecular weight excluding hydrogens is 309 g/mol. The normalized spacial score (nSPS) is 34.2. The van der Waals surface area contributed by atoms with Gasteiger partial charge in [-0.25, -0.2) is 4.39 Å². The van der Waals surface area contributed by atoms with E-state index in [0.29, 0.717) is 11.8 Å². The van der Waals surface area contributed by atoms with E-state index >= 15 is 0 Å². The summed E-state index contributed by atoms with van der Waals surface area (Å²) in [4.78, 5) is 26.2. The van der Waals surface area contributed by atoms with E-state index in [4.69, 9.17) is 5.73 Å². The van der Waals surface area contributed by atoms with Gasteiger partial charge in [0.1, 0.15) is 11.9 Å². The molecule has 2 heterocycles. The Morgan fingerprint density at radius 2 is 1.96 bits per heavy atom. The minimum absolute atomic E-state index is 0.0189. The molecule has 0 spiro atoms. The van der Waals surface area contributed by atoms with Gasteiger partial charge in [0.2, 0.25) is 11.8 Å². The summed E-state index contributed by atoms with van der Waals surface area (Å²) >= 11 is 0. The number of carbonyl (C=O) groups excluding carboxylic acids is 2. The number of halogens is 1. The molecule has 5 nitrogen and oxygen atoms in total. The zero-order chi connectivity index (χ0) is 16.8. The maximum absolute atomic E-state index is 13.0. The Bertz CT molecular complexity index is 663. The van der Waals surface area contributed by atoms with Crippen LogP contribution in [0.5, 0.6) is 0 Å². The van der Waals surface area contributed by atoms with E-state index < -0.39 is 11.9 Å². The number of piperidine rings is 1. The maximum atomic E-state index is 13.0. The first-order valence-corrected chi connectivity index (χ1v) is 8.62. The molecule has 2 saturated heterocycles. The van der Waals surface area contributed by atoms with Crippen molar-refractivity contribution in [1.29, 1.82) is 0 Å². The fourth-order valence-electron chi connectivity index (χ4n) is 4.31. The number of hydrogen-bond donors (Lipinski definition) is 2. The molecule has 0 bridgehead atoms. The summed E-state index contributed by atoms with van der Waals surface area (Å²) in [6.45, 7) is 0.761. The van der Waals surface area contributed by atoms with Gasteiger partial charge in [-0.05, 0) is 61.8 Å². The average Bonchev–Trinajstić information content (AvgIpc) is 3.00. The highest BCUT2D eigenvalue weighted by Gasteiger charge is 2.56. The van der Waals surface area contributed by atoms with Crippen molar-refractivity contribution in [3.63, 3.8) is 0 Å². The van der Waals surface area contributed by atoms with Crippen LogP contribution in [0.25, 0.3) is 0 Å². The van der Waals surface area contributed by atoms with E-state index in [1.54, 1.807) is 17.0 Å². The van der Waals surface area contributed by atoms with E-state index in [1.165, 1.54) is 12.1 Å². The summed E-state index contributed by atoms with van der Waals surface area (Å²) in [5.74, 6) is 0.195. The SMILES string of the molecule is NC(=O)C1CC2CC2N1C(=O)[C@H]1C[C@H](Cc2ccc(F)cc2)CN1. The van der Waals surface area contributed by atoms with Crippen molar-refractivity contribution in [2.75, 3.05) is 6.54 Å². The molecule has 0 aromatic heterocycles. The van der Waals surface area contributed by atoms with Gasteiger partial charge in [-0.15, -0.1) is 0 Å². The van der Waals surface area contributed by atoms with Crippen molar-refractivity contribution in [1.82, 2.24) is 10.2 Å². The standard InChI is InChI=1S/C18H22FN3O2/c19-13-3-1-10(2-4-13)5-11-6-14(21-9-11)18(24)22-15-7-12(15)8-16(22)17(20)23/h1-4,11-12,14-16,21H,5-9H2,(H2,20,23)/t11-,12?,14+,15?,16?/m0/s1. The molecule has 1 aliphatic carbocycles. The molecule has 3 N–H and O–H groups in total. The van der Waals surface area contributed by atoms with Crippen molar-refractivity contribution < 1.29 is 14.0 Å². The first-order valence-electron chi connectivity index (χ1n) is 8.62. The Morgan fingerprint density at radius 1 is 1.21 bits per heavy atom. The van der Waals surface area contributed by atoms with Crippen LogP contribution in [0, 0.1) is 17.7 Å². The van der Waals surface area contributed by atoms with Crippen LogP contribution in [-0.2, 0) is 16.0 Å². The van der Waals surface area contributed by atoms with Gasteiger partial charge in [-0.3, -0.25) is 9.59 Å². The summed E-state index contributed by atoms with van der Waals surface area (Å²) in [6, 6.07) is 6.07. The van der Waals surface area contributed by atoms with Gasteiger partial charge in [0.25, 0.3) is 0 Å². The molecule has 1 saturated carbocycles. The average molecular weight is 331 g/mol. The first kappa shape index (κ1) is 15.6. The van der Waals surface area contributed by atoms with Gasteiger partial charge in [-0.2, -0.15) is 0 Å². The van der Waals surface area contributed by atoms with Crippen LogP contribution in [0.1, 0.15) is 24.8 Å². The number of primary amides is 1. The highest BCUT2D eigenvalue weighted by atomic mass is 19.1. The minimum Gasteiger partial charge on any atom is -0.368 e. The van der Waals surface area contributed by atoms with Gasteiger partial charge in [-0.1, -0.05) is 12.1 Å². The molecule has 2 amide bonds. The largest absolute Gasteiger partial charge is 0.368 e. The Kier molecular flexibility index (Phi) is 3.79. The summed E-state index contributed by atoms with van der Waals surface area (Å²) in [6.07, 6.45) is 3.29. The van der Waals surface area contributed by atoms with Gasteiger partial charge < -0.3 is 16.0 Å². The van der Waals surface area contributed by atoms with Crippen LogP contribution in [0.15, 0.2) is 24.3 Å². The summed E-state index contributed by atoms with van der Waals surface area (Å²) in [5, 5.41) is 3.30. The number of hydrogen-bond acceptors (Lipinski definition) is 3. The lowest BCUT2D eigenvalue weighted by atomic mass is 9.96. The molecular formula is C18H22FN3O2. The highest BCUT2D eigenvalue weighted by Crippen LogP contribution is 2.48. The molecule has 4 rings (SSSR count). The minimum atomic E-state index is -0.431. The smallest absolute Gasteiger partial charge is 0.240 e. The molecule has 0 radical (unpaired) electrons. The van der Waals surface area contributed by atoms with Crippen molar-refractivity contribution in [3.8, 4) is 0 Å². The van der Waals surface area contributed by atoms with E-state index in [0.717, 1.165) is 37.8 Å². The maximum Gasteiger partial charge on any atom is 0.240 e. The molecule has 5 atom stereocenters. The number of nitrogens with two attached hydrogens (primary N) is 1. The second-order valence-electron chi connectivity index (χ2n) is 7.36. The predicted molar refractivity (Wildman–Crippen MR) is 86.3 cm³/mol. The molecule has 24 heavy (non-hydrogen) atoms. The number of nitrogens with zero attached hydrogens (tertiary/aromatic N) is 1. The number of rotatable bonds is 4. The summed E-state index contributed by atoms with van der Waals surface area (Å²) in [5.41, 5.74) is 6.54. The fourth-order valence-corrected chi connectivity index (χ4v) is 4.31. The molecule has 3 unspecified atom stereocenters. The monoisotopic (exact) mass is 331 g/mol. The van der Waals surface area contributed by atoms with Crippen LogP contribution in [0.4, 0.5) is 4.39 Å². The molecule has 3 aliphatic rings. The van der Waals surface area contributed by atoms with Crippen molar-refractivity contribution >= 4 is 11.8 Å². The van der Waals surface area contributed by atoms with Crippen LogP contribution >= 0.6 is 0 Å². The second-order valence-corrected chi connectivity index (χ2v) is 7.36. The Hall–Kier alpha value is -1.95. The van der Waals surface area contributed by atoms with E-state index in [2.05, 4.69) is 5.32 Å². The molecule has 1 aromatic carbocycles. The lowest BCUT2D eigenvalue weighted by molar-refractivity contribution is -0.140. The number of benzene rings is 1. The quantitative estimate of drug-likeness (QED) is 0.858. The van der Waals surface area contributed by atoms with Gasteiger partial charge in [0.05, 0.1) is 6.04 Å². The summed E-state index contributed by atoms with van der Waals surface area (Å²) < 4.78 is 13.0. The van der Waals surface area contributed by atoms with E-state index in [1.807, 2.05) is 0 Å². The van der Waals surface area contributed by atoms with Crippen molar-refractivity contribution in [3.05, 3.63) is 35.6 Å². The molecule has 128 valence electrons. The van der Waals surface area contributed by atoms with Crippen LogP contribution in [0.3, 0.4) is 0 Å². The molecule has 2 aliphatic heterocycles. The summed E-state index contributed by atoms with van der Waals surface area (Å²) in [7, 11) is 0. The third-order valence-electron chi connectivity index (χ3n) is 5.64. The highest BCUT2D eigenvalue weighted by molar-refractivity contribution is 5.90. The van der Waals surface area contributed by atoms with Gasteiger partial charge in [0, 0.05) is 6.04 Å². The lowest BCUT2D eigenvalue weighted by Gasteiger charge is -2.28. The predicted octanol–water partition coefficient (Wildman–Crippen LogP) is 0.821. The van der Waals surface area contributed by atoms with Crippen molar-refractivity contribution in [2.45, 2.75) is 43.8 Å². The Balaban J connectivity index is 1.38. The molecule has 1 aromatic rings.